The van der Waals surface area contributed by atoms with Crippen LogP contribution in [0.5, 0.6) is 5.75 Å². The summed E-state index contributed by atoms with van der Waals surface area (Å²) in [6, 6.07) is 16.7. The smallest absolute Gasteiger partial charge is 0.266 e. The molecule has 2 aromatic carbocycles. The number of nitrogens with zero attached hydrogens (tertiary/aromatic N) is 3. The van der Waals surface area contributed by atoms with Gasteiger partial charge in [-0.15, -0.1) is 0 Å². The molecule has 0 bridgehead atoms. The Morgan fingerprint density at radius 2 is 1.85 bits per heavy atom. The van der Waals surface area contributed by atoms with E-state index in [9.17, 15) is 10.1 Å². The number of carbonyl (C=O) groups is 1. The highest BCUT2D eigenvalue weighted by atomic mass is 16.5. The molecule has 8 heteroatoms. The second-order valence-corrected chi connectivity index (χ2v) is 7.93. The fourth-order valence-corrected chi connectivity index (χ4v) is 3.61. The van der Waals surface area contributed by atoms with Crippen molar-refractivity contribution in [2.24, 2.45) is 0 Å². The number of rotatable bonds is 7. The van der Waals surface area contributed by atoms with Gasteiger partial charge < -0.3 is 24.2 Å². The molecule has 174 valence electrons. The first-order valence-corrected chi connectivity index (χ1v) is 11.0. The van der Waals surface area contributed by atoms with Gasteiger partial charge in [0, 0.05) is 24.5 Å². The molecule has 1 N–H and O–H groups in total. The number of nitrogens with one attached hydrogen (secondary N) is 1. The lowest BCUT2D eigenvalue weighted by atomic mass is 10.1. The summed E-state index contributed by atoms with van der Waals surface area (Å²) in [5.41, 5.74) is 4.17. The van der Waals surface area contributed by atoms with E-state index in [0.717, 1.165) is 41.4 Å². The molecule has 2 heterocycles. The molecule has 3 aromatic rings. The van der Waals surface area contributed by atoms with Crippen molar-refractivity contribution in [3.8, 4) is 11.8 Å². The van der Waals surface area contributed by atoms with Crippen molar-refractivity contribution in [2.75, 3.05) is 36.5 Å². The van der Waals surface area contributed by atoms with Crippen LogP contribution in [0.3, 0.4) is 0 Å². The van der Waals surface area contributed by atoms with Gasteiger partial charge in [0.05, 0.1) is 24.5 Å². The van der Waals surface area contributed by atoms with E-state index < -0.39 is 5.91 Å². The average Bonchev–Trinajstić information content (AvgIpc) is 3.19. The van der Waals surface area contributed by atoms with Crippen LogP contribution in [0.1, 0.15) is 22.6 Å². The molecule has 8 nitrogen and oxygen atoms in total. The van der Waals surface area contributed by atoms with Gasteiger partial charge in [-0.3, -0.25) is 4.79 Å². The van der Waals surface area contributed by atoms with Crippen LogP contribution in [0.25, 0.3) is 6.08 Å². The Bertz CT molecular complexity index is 1180. The van der Waals surface area contributed by atoms with Crippen LogP contribution in [0.15, 0.2) is 58.6 Å². The summed E-state index contributed by atoms with van der Waals surface area (Å²) in [6.07, 6.45) is 1.55. The van der Waals surface area contributed by atoms with Crippen molar-refractivity contribution in [3.05, 3.63) is 76.7 Å². The van der Waals surface area contributed by atoms with Crippen molar-refractivity contribution in [2.45, 2.75) is 20.5 Å². The number of amides is 1. The predicted molar refractivity (Wildman–Crippen MR) is 128 cm³/mol. The van der Waals surface area contributed by atoms with Gasteiger partial charge in [-0.25, -0.2) is 0 Å². The minimum Gasteiger partial charge on any atom is -0.489 e. The number of nitriles is 1. The number of morpholine rings is 1. The summed E-state index contributed by atoms with van der Waals surface area (Å²) in [5, 5.41) is 16.2. The fraction of sp³-hybridized carbons (Fsp3) is 0.269. The van der Waals surface area contributed by atoms with Gasteiger partial charge in [0.15, 0.2) is 0 Å². The molecule has 1 aromatic heterocycles. The van der Waals surface area contributed by atoms with Gasteiger partial charge in [0.2, 0.25) is 0 Å². The molecule has 0 spiro atoms. The minimum absolute atomic E-state index is 0.0154. The molecule has 0 radical (unpaired) electrons. The largest absolute Gasteiger partial charge is 0.489 e. The van der Waals surface area contributed by atoms with Crippen LogP contribution in [-0.4, -0.2) is 37.4 Å². The van der Waals surface area contributed by atoms with Gasteiger partial charge in [0.1, 0.15) is 29.8 Å². The summed E-state index contributed by atoms with van der Waals surface area (Å²) in [5.74, 6) is 0.943. The molecule has 0 aliphatic carbocycles. The van der Waals surface area contributed by atoms with Crippen LogP contribution in [-0.2, 0) is 16.1 Å². The number of anilines is 2. The van der Waals surface area contributed by atoms with Gasteiger partial charge in [-0.2, -0.15) is 5.26 Å². The maximum absolute atomic E-state index is 12.6. The van der Waals surface area contributed by atoms with Crippen LogP contribution >= 0.6 is 0 Å². The molecule has 4 rings (SSSR count). The van der Waals surface area contributed by atoms with E-state index >= 15 is 0 Å². The molecule has 1 amide bonds. The Hall–Kier alpha value is -4.09. The highest BCUT2D eigenvalue weighted by Gasteiger charge is 2.13. The molecule has 1 aliphatic rings. The van der Waals surface area contributed by atoms with Crippen molar-refractivity contribution < 1.29 is 18.8 Å². The number of aryl methyl sites for hydroxylation is 2. The molecule has 0 atom stereocenters. The first kappa shape index (κ1) is 23.1. The number of benzene rings is 2. The highest BCUT2D eigenvalue weighted by molar-refractivity contribution is 6.09. The van der Waals surface area contributed by atoms with Crippen molar-refractivity contribution in [1.82, 2.24) is 5.16 Å². The Balaban J connectivity index is 1.36. The lowest BCUT2D eigenvalue weighted by molar-refractivity contribution is -0.112. The number of hydrogen-bond donors (Lipinski definition) is 1. The summed E-state index contributed by atoms with van der Waals surface area (Å²) < 4.78 is 16.3. The van der Waals surface area contributed by atoms with Gasteiger partial charge in [0.25, 0.3) is 5.91 Å². The summed E-state index contributed by atoms with van der Waals surface area (Å²) in [4.78, 5) is 14.9. The number of hydrogen-bond acceptors (Lipinski definition) is 7. The molecule has 0 unspecified atom stereocenters. The predicted octanol–water partition coefficient (Wildman–Crippen LogP) is 4.25. The van der Waals surface area contributed by atoms with Crippen LogP contribution in [0.2, 0.25) is 0 Å². The molecule has 1 saturated heterocycles. The van der Waals surface area contributed by atoms with Gasteiger partial charge in [-0.1, -0.05) is 17.3 Å². The van der Waals surface area contributed by atoms with E-state index in [1.54, 1.807) is 30.3 Å². The summed E-state index contributed by atoms with van der Waals surface area (Å²) >= 11 is 0. The standard InChI is InChI=1S/C26H26N4O4/c1-18-25(19(2)34-29-18)17-33-24-9-3-20(4-10-24)15-21(16-27)26(31)28-22-5-7-23(8-6-22)30-11-13-32-14-12-30/h3-10,15H,11-14,17H2,1-2H3,(H,28,31)/b21-15+. The van der Waals surface area contributed by atoms with E-state index in [4.69, 9.17) is 14.0 Å². The topological polar surface area (TPSA) is 101 Å². The fourth-order valence-electron chi connectivity index (χ4n) is 3.61. The maximum atomic E-state index is 12.6. The van der Waals surface area contributed by atoms with E-state index in [0.29, 0.717) is 31.3 Å². The first-order chi connectivity index (χ1) is 16.5. The molecule has 0 saturated carbocycles. The Morgan fingerprint density at radius 3 is 2.47 bits per heavy atom. The zero-order chi connectivity index (χ0) is 23.9. The Kier molecular flexibility index (Phi) is 7.25. The van der Waals surface area contributed by atoms with E-state index in [1.165, 1.54) is 0 Å². The molecular weight excluding hydrogens is 432 g/mol. The maximum Gasteiger partial charge on any atom is 0.266 e. The number of ether oxygens (including phenoxy) is 2. The zero-order valence-corrected chi connectivity index (χ0v) is 19.2. The molecule has 34 heavy (non-hydrogen) atoms. The van der Waals surface area contributed by atoms with E-state index in [2.05, 4.69) is 15.4 Å². The van der Waals surface area contributed by atoms with Gasteiger partial charge >= 0.3 is 0 Å². The van der Waals surface area contributed by atoms with Crippen molar-refractivity contribution in [1.29, 1.82) is 5.26 Å². The first-order valence-electron chi connectivity index (χ1n) is 11.0. The van der Waals surface area contributed by atoms with Gasteiger partial charge in [-0.05, 0) is 61.9 Å². The second-order valence-electron chi connectivity index (χ2n) is 7.93. The Morgan fingerprint density at radius 1 is 1.15 bits per heavy atom. The SMILES string of the molecule is Cc1noc(C)c1COc1ccc(/C=C(\C#N)C(=O)Nc2ccc(N3CCOCC3)cc2)cc1. The van der Waals surface area contributed by atoms with E-state index in [-0.39, 0.29) is 5.57 Å². The highest BCUT2D eigenvalue weighted by Crippen LogP contribution is 2.21. The molecule has 1 fully saturated rings. The monoisotopic (exact) mass is 458 g/mol. The molecule has 1 aliphatic heterocycles. The zero-order valence-electron chi connectivity index (χ0n) is 19.2. The number of carbonyl (C=O) groups excluding carboxylic acids is 1. The normalized spacial score (nSPS) is 13.9. The third kappa shape index (κ3) is 5.63. The van der Waals surface area contributed by atoms with E-state index in [1.807, 2.05) is 44.2 Å². The lowest BCUT2D eigenvalue weighted by Gasteiger charge is -2.28. The lowest BCUT2D eigenvalue weighted by Crippen LogP contribution is -2.36. The third-order valence-corrected chi connectivity index (χ3v) is 5.62. The van der Waals surface area contributed by atoms with Crippen molar-refractivity contribution >= 4 is 23.4 Å². The minimum atomic E-state index is -0.458. The third-order valence-electron chi connectivity index (χ3n) is 5.62. The average molecular weight is 459 g/mol. The summed E-state index contributed by atoms with van der Waals surface area (Å²) in [6.45, 7) is 7.18. The second kappa shape index (κ2) is 10.7. The Labute approximate surface area is 198 Å². The van der Waals surface area contributed by atoms with Crippen LogP contribution in [0, 0.1) is 25.2 Å². The van der Waals surface area contributed by atoms with Crippen molar-refractivity contribution in [3.63, 3.8) is 0 Å². The quantitative estimate of drug-likeness (QED) is 0.417. The number of aromatic nitrogens is 1. The van der Waals surface area contributed by atoms with Crippen LogP contribution < -0.4 is 15.0 Å². The summed E-state index contributed by atoms with van der Waals surface area (Å²) in [7, 11) is 0. The van der Waals surface area contributed by atoms with Crippen LogP contribution in [0.4, 0.5) is 11.4 Å². The molecular formula is C26H26N4O4.